The maximum absolute atomic E-state index is 13.7. The van der Waals surface area contributed by atoms with Gasteiger partial charge >= 0.3 is 6.03 Å². The summed E-state index contributed by atoms with van der Waals surface area (Å²) in [5.41, 5.74) is 4.47. The lowest BCUT2D eigenvalue weighted by Crippen LogP contribution is -2.57. The second-order valence-electron chi connectivity index (χ2n) is 9.18. The molecule has 4 amide bonds. The van der Waals surface area contributed by atoms with Gasteiger partial charge < -0.3 is 4.74 Å². The van der Waals surface area contributed by atoms with Crippen molar-refractivity contribution >= 4 is 51.2 Å². The second kappa shape index (κ2) is 11.1. The summed E-state index contributed by atoms with van der Waals surface area (Å²) in [6.45, 7) is 4.41. The predicted molar refractivity (Wildman–Crippen MR) is 156 cm³/mol. The van der Waals surface area contributed by atoms with Gasteiger partial charge in [0.05, 0.1) is 11.4 Å². The molecule has 1 aliphatic rings. The lowest BCUT2D eigenvalue weighted by molar-refractivity contribution is -0.121. The van der Waals surface area contributed by atoms with Crippen LogP contribution in [0.15, 0.2) is 107 Å². The second-order valence-corrected chi connectivity index (χ2v) is 10.1. The molecule has 0 N–H and O–H groups in total. The van der Waals surface area contributed by atoms with Crippen LogP contribution in [0.25, 0.3) is 6.08 Å². The van der Waals surface area contributed by atoms with Crippen molar-refractivity contribution in [1.29, 1.82) is 0 Å². The quantitative estimate of drug-likeness (QED) is 0.178. The maximum Gasteiger partial charge on any atom is 0.343 e. The highest BCUT2D eigenvalue weighted by Gasteiger charge is 2.43. The molecule has 6 nitrogen and oxygen atoms in total. The number of imide groups is 2. The number of hydrogen-bond donors (Lipinski definition) is 0. The number of barbiturate groups is 1. The van der Waals surface area contributed by atoms with Gasteiger partial charge in [-0.15, -0.1) is 0 Å². The average molecular weight is 581 g/mol. The van der Waals surface area contributed by atoms with E-state index < -0.39 is 17.8 Å². The zero-order valence-electron chi connectivity index (χ0n) is 21.4. The van der Waals surface area contributed by atoms with E-state index >= 15 is 0 Å². The fraction of sp³-hybridized carbons (Fsp3) is 0.0938. The Labute approximate surface area is 235 Å². The van der Waals surface area contributed by atoms with Crippen molar-refractivity contribution in [3.8, 4) is 5.75 Å². The minimum atomic E-state index is -0.736. The summed E-state index contributed by atoms with van der Waals surface area (Å²) in [4.78, 5) is 43.0. The molecule has 0 unspecified atom stereocenters. The van der Waals surface area contributed by atoms with E-state index in [4.69, 9.17) is 4.74 Å². The van der Waals surface area contributed by atoms with E-state index in [1.54, 1.807) is 72.8 Å². The highest BCUT2D eigenvalue weighted by Crippen LogP contribution is 2.32. The molecule has 0 aliphatic carbocycles. The third-order valence-electron chi connectivity index (χ3n) is 6.52. The number of anilines is 2. The Hall–Kier alpha value is -4.49. The number of aryl methyl sites for hydroxylation is 2. The molecule has 1 fully saturated rings. The van der Waals surface area contributed by atoms with E-state index in [0.29, 0.717) is 29.3 Å². The number of carbonyl (C=O) groups is 3. The van der Waals surface area contributed by atoms with E-state index in [1.165, 1.54) is 17.2 Å². The lowest BCUT2D eigenvalue weighted by atomic mass is 10.0. The summed E-state index contributed by atoms with van der Waals surface area (Å²) in [7, 11) is 0. The molecule has 194 valence electrons. The molecule has 1 heterocycles. The monoisotopic (exact) mass is 580 g/mol. The molecule has 4 aromatic carbocycles. The Morgan fingerprint density at radius 3 is 1.87 bits per heavy atom. The van der Waals surface area contributed by atoms with Crippen molar-refractivity contribution in [2.45, 2.75) is 20.5 Å². The fourth-order valence-electron chi connectivity index (χ4n) is 4.31. The molecule has 0 saturated carbocycles. The summed E-state index contributed by atoms with van der Waals surface area (Å²) in [6, 6.07) is 27.9. The van der Waals surface area contributed by atoms with Crippen LogP contribution in [-0.2, 0) is 16.2 Å². The van der Waals surface area contributed by atoms with E-state index in [1.807, 2.05) is 25.1 Å². The average Bonchev–Trinajstić information content (AvgIpc) is 2.93. The number of rotatable bonds is 6. The van der Waals surface area contributed by atoms with Gasteiger partial charge in [-0.2, -0.15) is 0 Å². The Morgan fingerprint density at radius 1 is 0.718 bits per heavy atom. The SMILES string of the molecule is Cc1ccc(COc2ccc(Br)cc2C=C2C(=O)N(c3ccccc3)C(=O)N(c3ccccc3)C2=O)cc1C. The summed E-state index contributed by atoms with van der Waals surface area (Å²) in [5.74, 6) is -0.911. The first-order valence-electron chi connectivity index (χ1n) is 12.4. The van der Waals surface area contributed by atoms with Gasteiger partial charge in [0.2, 0.25) is 0 Å². The van der Waals surface area contributed by atoms with Crippen molar-refractivity contribution < 1.29 is 19.1 Å². The van der Waals surface area contributed by atoms with Crippen LogP contribution < -0.4 is 14.5 Å². The largest absolute Gasteiger partial charge is 0.488 e. The van der Waals surface area contributed by atoms with Crippen LogP contribution in [0.2, 0.25) is 0 Å². The van der Waals surface area contributed by atoms with E-state index in [-0.39, 0.29) is 5.57 Å². The van der Waals surface area contributed by atoms with Gasteiger partial charge in [-0.25, -0.2) is 14.6 Å². The van der Waals surface area contributed by atoms with Crippen LogP contribution in [0.5, 0.6) is 5.75 Å². The molecule has 1 aliphatic heterocycles. The Balaban J connectivity index is 1.57. The van der Waals surface area contributed by atoms with Crippen LogP contribution in [0.1, 0.15) is 22.3 Å². The van der Waals surface area contributed by atoms with Gasteiger partial charge in [0.1, 0.15) is 17.9 Å². The van der Waals surface area contributed by atoms with Gasteiger partial charge in [-0.1, -0.05) is 70.5 Å². The van der Waals surface area contributed by atoms with Crippen LogP contribution in [0.4, 0.5) is 16.2 Å². The molecule has 7 heteroatoms. The smallest absolute Gasteiger partial charge is 0.343 e. The van der Waals surface area contributed by atoms with E-state index in [0.717, 1.165) is 19.8 Å². The van der Waals surface area contributed by atoms with Crippen LogP contribution in [-0.4, -0.2) is 17.8 Å². The number of halogens is 1. The topological polar surface area (TPSA) is 66.9 Å². The summed E-state index contributed by atoms with van der Waals surface area (Å²) >= 11 is 3.48. The molecule has 39 heavy (non-hydrogen) atoms. The van der Waals surface area contributed by atoms with Crippen molar-refractivity contribution in [3.63, 3.8) is 0 Å². The first-order chi connectivity index (χ1) is 18.8. The molecule has 0 spiro atoms. The highest BCUT2D eigenvalue weighted by molar-refractivity contribution is 9.10. The van der Waals surface area contributed by atoms with Crippen molar-refractivity contribution in [2.75, 3.05) is 9.80 Å². The molecule has 1 saturated heterocycles. The summed E-state index contributed by atoms with van der Waals surface area (Å²) in [5, 5.41) is 0. The van der Waals surface area contributed by atoms with Crippen LogP contribution in [0.3, 0.4) is 0 Å². The van der Waals surface area contributed by atoms with Crippen molar-refractivity contribution in [3.05, 3.63) is 129 Å². The Kier molecular flexibility index (Phi) is 7.43. The van der Waals surface area contributed by atoms with Gasteiger partial charge in [-0.05, 0) is 79.1 Å². The number of ether oxygens (including phenoxy) is 1. The molecule has 4 aromatic rings. The number of carbonyl (C=O) groups excluding carboxylic acids is 3. The van der Waals surface area contributed by atoms with Crippen LogP contribution >= 0.6 is 15.9 Å². The van der Waals surface area contributed by atoms with Gasteiger partial charge in [-0.3, -0.25) is 9.59 Å². The van der Waals surface area contributed by atoms with Crippen LogP contribution in [0, 0.1) is 13.8 Å². The molecule has 0 bridgehead atoms. The number of hydrogen-bond acceptors (Lipinski definition) is 4. The first-order valence-corrected chi connectivity index (χ1v) is 13.2. The normalized spacial score (nSPS) is 13.6. The van der Waals surface area contributed by atoms with Crippen molar-refractivity contribution in [2.24, 2.45) is 0 Å². The summed E-state index contributed by atoms with van der Waals surface area (Å²) < 4.78 is 6.90. The Bertz CT molecular complexity index is 1540. The van der Waals surface area contributed by atoms with E-state index in [2.05, 4.69) is 28.9 Å². The Morgan fingerprint density at radius 2 is 1.31 bits per heavy atom. The van der Waals surface area contributed by atoms with Gasteiger partial charge in [0.15, 0.2) is 0 Å². The number of nitrogens with zero attached hydrogens (tertiary/aromatic N) is 2. The lowest BCUT2D eigenvalue weighted by Gasteiger charge is -2.34. The summed E-state index contributed by atoms with van der Waals surface area (Å²) in [6.07, 6.45) is 1.49. The molecular formula is C32H25BrN2O4. The molecule has 0 atom stereocenters. The minimum Gasteiger partial charge on any atom is -0.488 e. The van der Waals surface area contributed by atoms with Gasteiger partial charge in [0.25, 0.3) is 11.8 Å². The molecule has 0 radical (unpaired) electrons. The molecule has 5 rings (SSSR count). The number of para-hydroxylation sites is 2. The first kappa shape index (κ1) is 26.1. The molecular weight excluding hydrogens is 556 g/mol. The highest BCUT2D eigenvalue weighted by atomic mass is 79.9. The zero-order valence-corrected chi connectivity index (χ0v) is 23.0. The minimum absolute atomic E-state index is 0.156. The fourth-order valence-corrected chi connectivity index (χ4v) is 4.69. The number of urea groups is 1. The zero-order chi connectivity index (χ0) is 27.5. The third kappa shape index (κ3) is 5.40. The van der Waals surface area contributed by atoms with Gasteiger partial charge in [0, 0.05) is 10.0 Å². The van der Waals surface area contributed by atoms with E-state index in [9.17, 15) is 14.4 Å². The number of amides is 4. The maximum atomic E-state index is 13.7. The predicted octanol–water partition coefficient (Wildman–Crippen LogP) is 7.23. The molecule has 0 aromatic heterocycles. The standard InChI is InChI=1S/C32H25BrN2O4/c1-21-13-14-23(17-22(21)2)20-39-29-16-15-25(33)18-24(29)19-28-30(36)34(26-9-5-3-6-10-26)32(38)35(31(28)37)27-11-7-4-8-12-27/h3-19H,20H2,1-2H3. The van der Waals surface area contributed by atoms with Crippen molar-refractivity contribution in [1.82, 2.24) is 0 Å². The number of benzene rings is 4. The third-order valence-corrected chi connectivity index (χ3v) is 7.01.